The third kappa shape index (κ3) is 5.94. The second kappa shape index (κ2) is 8.77. The van der Waals surface area contributed by atoms with E-state index in [2.05, 4.69) is 11.7 Å². The number of esters is 1. The maximum absolute atomic E-state index is 11.3. The van der Waals surface area contributed by atoms with Crippen LogP contribution in [0.15, 0.2) is 24.3 Å². The highest BCUT2D eigenvalue weighted by atomic mass is 35.5. The van der Waals surface area contributed by atoms with Crippen LogP contribution in [0.1, 0.15) is 13.3 Å². The second-order valence-electron chi connectivity index (χ2n) is 4.13. The number of hydrogen-bond donors (Lipinski definition) is 0. The highest BCUT2D eigenvalue weighted by Gasteiger charge is 2.10. The summed E-state index contributed by atoms with van der Waals surface area (Å²) in [4.78, 5) is 13.3. The molecule has 1 aromatic carbocycles. The minimum Gasteiger partial charge on any atom is -0.491 e. The van der Waals surface area contributed by atoms with Gasteiger partial charge in [0.25, 0.3) is 0 Å². The Bertz CT molecular complexity index is 398. The highest BCUT2D eigenvalue weighted by Crippen LogP contribution is 2.22. The molecule has 0 aliphatic heterocycles. The van der Waals surface area contributed by atoms with E-state index in [1.807, 2.05) is 23.1 Å². The number of benzene rings is 1. The Balaban J connectivity index is 2.39. The predicted octanol–water partition coefficient (Wildman–Crippen LogP) is 2.60. The van der Waals surface area contributed by atoms with E-state index in [1.54, 1.807) is 6.07 Å². The van der Waals surface area contributed by atoms with Crippen molar-refractivity contribution in [2.75, 3.05) is 33.4 Å². The average Bonchev–Trinajstić information content (AvgIpc) is 2.41. The zero-order valence-corrected chi connectivity index (χ0v) is 12.2. The molecule has 0 amide bonds. The first-order valence-electron chi connectivity index (χ1n) is 6.33. The first-order valence-corrected chi connectivity index (χ1v) is 6.71. The molecule has 0 heterocycles. The lowest BCUT2D eigenvalue weighted by Gasteiger charge is -2.20. The van der Waals surface area contributed by atoms with Crippen LogP contribution in [0.3, 0.4) is 0 Å². The van der Waals surface area contributed by atoms with E-state index < -0.39 is 0 Å². The zero-order chi connectivity index (χ0) is 14.1. The Kier molecular flexibility index (Phi) is 7.30. The third-order valence-electron chi connectivity index (χ3n) is 2.62. The fraction of sp³-hybridized carbons (Fsp3) is 0.500. The van der Waals surface area contributed by atoms with E-state index in [-0.39, 0.29) is 12.5 Å². The van der Waals surface area contributed by atoms with Crippen LogP contribution in [0.4, 0.5) is 0 Å². The van der Waals surface area contributed by atoms with Gasteiger partial charge in [-0.05, 0) is 25.1 Å². The number of rotatable bonds is 8. The Labute approximate surface area is 119 Å². The maximum Gasteiger partial charge on any atom is 0.319 e. The summed E-state index contributed by atoms with van der Waals surface area (Å²) in [5.74, 6) is 0.435. The van der Waals surface area contributed by atoms with Crippen molar-refractivity contribution in [3.05, 3.63) is 29.3 Å². The number of halogens is 1. The third-order valence-corrected chi connectivity index (χ3v) is 2.93. The molecule has 1 aromatic rings. The lowest BCUT2D eigenvalue weighted by molar-refractivity contribution is -0.142. The van der Waals surface area contributed by atoms with Gasteiger partial charge in [-0.1, -0.05) is 30.7 Å². The quantitative estimate of drug-likeness (QED) is 0.688. The van der Waals surface area contributed by atoms with E-state index in [9.17, 15) is 4.79 Å². The maximum atomic E-state index is 11.3. The fourth-order valence-electron chi connectivity index (χ4n) is 1.68. The normalized spacial score (nSPS) is 10.5. The van der Waals surface area contributed by atoms with Gasteiger partial charge >= 0.3 is 5.97 Å². The molecule has 19 heavy (non-hydrogen) atoms. The molecular formula is C14H20ClNO3. The Morgan fingerprint density at radius 3 is 2.68 bits per heavy atom. The van der Waals surface area contributed by atoms with Crippen LogP contribution >= 0.6 is 11.6 Å². The summed E-state index contributed by atoms with van der Waals surface area (Å²) >= 11 is 5.99. The summed E-state index contributed by atoms with van der Waals surface area (Å²) in [5.41, 5.74) is 0. The number of carbonyl (C=O) groups is 1. The molecule has 0 unspecified atom stereocenters. The molecule has 1 rings (SSSR count). The van der Waals surface area contributed by atoms with Gasteiger partial charge in [-0.3, -0.25) is 9.69 Å². The molecule has 0 bridgehead atoms. The number of hydrogen-bond acceptors (Lipinski definition) is 4. The van der Waals surface area contributed by atoms with E-state index in [0.29, 0.717) is 23.9 Å². The van der Waals surface area contributed by atoms with Crippen molar-refractivity contribution in [1.29, 1.82) is 0 Å². The average molecular weight is 286 g/mol. The van der Waals surface area contributed by atoms with Crippen LogP contribution in [-0.4, -0.2) is 44.2 Å². The first-order chi connectivity index (χ1) is 9.17. The summed E-state index contributed by atoms with van der Waals surface area (Å²) in [6, 6.07) is 7.34. The van der Waals surface area contributed by atoms with E-state index in [0.717, 1.165) is 13.0 Å². The molecule has 0 aliphatic carbocycles. The van der Waals surface area contributed by atoms with Crippen molar-refractivity contribution in [2.24, 2.45) is 0 Å². The van der Waals surface area contributed by atoms with E-state index in [4.69, 9.17) is 16.3 Å². The lowest BCUT2D eigenvalue weighted by Crippen LogP contribution is -2.34. The summed E-state index contributed by atoms with van der Waals surface area (Å²) in [5, 5.41) is 0.595. The Morgan fingerprint density at radius 1 is 1.32 bits per heavy atom. The van der Waals surface area contributed by atoms with Gasteiger partial charge in [-0.25, -0.2) is 0 Å². The Hall–Kier alpha value is -1.26. The molecule has 0 aliphatic rings. The van der Waals surface area contributed by atoms with Crippen LogP contribution in [0.2, 0.25) is 5.02 Å². The molecular weight excluding hydrogens is 266 g/mol. The van der Waals surface area contributed by atoms with Gasteiger partial charge in [0.15, 0.2) is 0 Å². The van der Waals surface area contributed by atoms with Crippen molar-refractivity contribution < 1.29 is 14.3 Å². The number of ether oxygens (including phenoxy) is 2. The predicted molar refractivity (Wildman–Crippen MR) is 75.7 cm³/mol. The number of carbonyl (C=O) groups excluding carboxylic acids is 1. The summed E-state index contributed by atoms with van der Waals surface area (Å²) in [6.07, 6.45) is 0.975. The van der Waals surface area contributed by atoms with Crippen LogP contribution < -0.4 is 4.74 Å². The van der Waals surface area contributed by atoms with Gasteiger partial charge in [0.1, 0.15) is 12.4 Å². The van der Waals surface area contributed by atoms with Crippen LogP contribution in [0.5, 0.6) is 5.75 Å². The van der Waals surface area contributed by atoms with Crippen molar-refractivity contribution in [3.63, 3.8) is 0 Å². The smallest absolute Gasteiger partial charge is 0.319 e. The minimum atomic E-state index is -0.230. The van der Waals surface area contributed by atoms with Crippen molar-refractivity contribution in [3.8, 4) is 5.75 Å². The molecule has 0 atom stereocenters. The topological polar surface area (TPSA) is 38.8 Å². The molecule has 0 saturated carbocycles. The molecule has 0 spiro atoms. The monoisotopic (exact) mass is 285 g/mol. The summed E-state index contributed by atoms with van der Waals surface area (Å²) in [7, 11) is 1.40. The van der Waals surface area contributed by atoms with Crippen LogP contribution in [0, 0.1) is 0 Å². The van der Waals surface area contributed by atoms with Crippen molar-refractivity contribution in [1.82, 2.24) is 4.90 Å². The number of nitrogens with zero attached hydrogens (tertiary/aromatic N) is 1. The van der Waals surface area contributed by atoms with Gasteiger partial charge in [-0.15, -0.1) is 0 Å². The first kappa shape index (κ1) is 15.8. The zero-order valence-electron chi connectivity index (χ0n) is 11.4. The van der Waals surface area contributed by atoms with E-state index in [1.165, 1.54) is 7.11 Å². The molecule has 5 heteroatoms. The molecule has 0 aromatic heterocycles. The summed E-state index contributed by atoms with van der Waals surface area (Å²) < 4.78 is 10.3. The van der Waals surface area contributed by atoms with E-state index >= 15 is 0 Å². The van der Waals surface area contributed by atoms with Gasteiger partial charge in [0.05, 0.1) is 18.7 Å². The minimum absolute atomic E-state index is 0.230. The number of para-hydroxylation sites is 1. The van der Waals surface area contributed by atoms with Gasteiger partial charge in [-0.2, -0.15) is 0 Å². The molecule has 4 nitrogen and oxygen atoms in total. The fourth-order valence-corrected chi connectivity index (χ4v) is 1.87. The standard InChI is InChI=1S/C14H20ClNO3/c1-3-8-16(11-14(17)18-2)9-10-19-13-7-5-4-6-12(13)15/h4-7H,3,8-11H2,1-2H3. The van der Waals surface area contributed by atoms with Crippen LogP contribution in [0.25, 0.3) is 0 Å². The van der Waals surface area contributed by atoms with Crippen molar-refractivity contribution in [2.45, 2.75) is 13.3 Å². The molecule has 106 valence electrons. The molecule has 0 radical (unpaired) electrons. The number of methoxy groups -OCH3 is 1. The molecule has 0 fully saturated rings. The van der Waals surface area contributed by atoms with Gasteiger partial charge in [0, 0.05) is 6.54 Å². The SMILES string of the molecule is CCCN(CCOc1ccccc1Cl)CC(=O)OC. The van der Waals surface area contributed by atoms with Gasteiger partial charge < -0.3 is 9.47 Å². The highest BCUT2D eigenvalue weighted by molar-refractivity contribution is 6.32. The van der Waals surface area contributed by atoms with Crippen molar-refractivity contribution >= 4 is 17.6 Å². The largest absolute Gasteiger partial charge is 0.491 e. The summed E-state index contributed by atoms with van der Waals surface area (Å²) in [6.45, 7) is 4.34. The lowest BCUT2D eigenvalue weighted by atomic mass is 10.3. The Morgan fingerprint density at radius 2 is 2.05 bits per heavy atom. The second-order valence-corrected chi connectivity index (χ2v) is 4.54. The molecule has 0 saturated heterocycles. The molecule has 0 N–H and O–H groups in total. The van der Waals surface area contributed by atoms with Gasteiger partial charge in [0.2, 0.25) is 0 Å². The van der Waals surface area contributed by atoms with Crippen LogP contribution in [-0.2, 0) is 9.53 Å².